The summed E-state index contributed by atoms with van der Waals surface area (Å²) in [5, 5.41) is 2.69. The van der Waals surface area contributed by atoms with Crippen molar-refractivity contribution in [3.05, 3.63) is 71.8 Å². The Kier molecular flexibility index (Phi) is 8.16. The number of carbonyl (C=O) groups is 3. The molecular weight excluding hydrogens is 380 g/mol. The van der Waals surface area contributed by atoms with Crippen LogP contribution in [0, 0.1) is 5.92 Å². The van der Waals surface area contributed by atoms with Crippen molar-refractivity contribution in [1.29, 1.82) is 0 Å². The number of nitrogens with one attached hydrogen (secondary N) is 1. The van der Waals surface area contributed by atoms with Gasteiger partial charge in [-0.1, -0.05) is 84.6 Å². The average molecular weight is 401 g/mol. The van der Waals surface area contributed by atoms with Gasteiger partial charge in [-0.05, 0) is 6.42 Å². The summed E-state index contributed by atoms with van der Waals surface area (Å²) in [6.07, 6.45) is 0.377. The van der Waals surface area contributed by atoms with Crippen molar-refractivity contribution in [2.45, 2.75) is 6.42 Å². The lowest BCUT2D eigenvalue weighted by atomic mass is 9.95. The lowest BCUT2D eigenvalue weighted by molar-refractivity contribution is -0.116. The molecule has 0 radical (unpaired) electrons. The molecule has 0 saturated carbocycles. The summed E-state index contributed by atoms with van der Waals surface area (Å²) in [6, 6.07) is 17.8. The molecule has 27 heavy (non-hydrogen) atoms. The maximum Gasteiger partial charge on any atom is 0.236 e. The van der Waals surface area contributed by atoms with Gasteiger partial charge in [0.25, 0.3) is 0 Å². The van der Waals surface area contributed by atoms with Crippen molar-refractivity contribution < 1.29 is 14.4 Å². The second kappa shape index (κ2) is 10.6. The van der Waals surface area contributed by atoms with Crippen LogP contribution in [-0.2, 0) is 4.79 Å². The van der Waals surface area contributed by atoms with E-state index in [1.807, 2.05) is 12.1 Å². The summed E-state index contributed by atoms with van der Waals surface area (Å²) in [4.78, 5) is 36.3. The van der Waals surface area contributed by atoms with E-state index in [1.54, 1.807) is 48.5 Å². The molecule has 0 aromatic heterocycles. The van der Waals surface area contributed by atoms with Crippen molar-refractivity contribution in [3.63, 3.8) is 0 Å². The Morgan fingerprint density at radius 2 is 1.52 bits per heavy atom. The van der Waals surface area contributed by atoms with E-state index in [2.05, 4.69) is 5.32 Å². The average Bonchev–Trinajstić information content (AvgIpc) is 2.70. The zero-order valence-electron chi connectivity index (χ0n) is 14.6. The summed E-state index contributed by atoms with van der Waals surface area (Å²) in [5.41, 5.74) is 6.28. The molecular formula is C20H20N2O3S2. The lowest BCUT2D eigenvalue weighted by Gasteiger charge is -2.18. The van der Waals surface area contributed by atoms with Gasteiger partial charge in [-0.25, -0.2) is 0 Å². The van der Waals surface area contributed by atoms with Crippen LogP contribution >= 0.6 is 24.0 Å². The highest BCUT2D eigenvalue weighted by atomic mass is 32.2. The third-order valence-corrected chi connectivity index (χ3v) is 5.14. The number of ketones is 1. The number of amides is 1. The molecule has 2 aromatic carbocycles. The first kappa shape index (κ1) is 20.8. The number of benzene rings is 2. The quantitative estimate of drug-likeness (QED) is 0.497. The fourth-order valence-corrected chi connectivity index (χ4v) is 3.55. The fourth-order valence-electron chi connectivity index (χ4n) is 2.41. The number of thiocarbonyl (C=S) groups is 1. The Balaban J connectivity index is 2.03. The van der Waals surface area contributed by atoms with E-state index >= 15 is 0 Å². The monoisotopic (exact) mass is 400 g/mol. The Bertz CT molecular complexity index is 810. The minimum atomic E-state index is -0.627. The van der Waals surface area contributed by atoms with Crippen LogP contribution < -0.4 is 11.1 Å². The summed E-state index contributed by atoms with van der Waals surface area (Å²) < 4.78 is 0. The zero-order chi connectivity index (χ0) is 19.6. The van der Waals surface area contributed by atoms with Crippen LogP contribution in [0.4, 0.5) is 0 Å². The van der Waals surface area contributed by atoms with E-state index in [0.717, 1.165) is 11.8 Å². The second-order valence-corrected chi connectivity index (χ2v) is 7.27. The third kappa shape index (κ3) is 6.62. The van der Waals surface area contributed by atoms with E-state index in [0.29, 0.717) is 23.3 Å². The van der Waals surface area contributed by atoms with E-state index in [4.69, 9.17) is 18.0 Å². The number of hydrogen-bond acceptors (Lipinski definition) is 5. The Morgan fingerprint density at radius 1 is 0.963 bits per heavy atom. The SMILES string of the molecule is NC(=O)CNC(=S)C(CCSC(=O)c1ccccc1)C(=O)c1ccccc1. The van der Waals surface area contributed by atoms with Gasteiger partial charge >= 0.3 is 0 Å². The van der Waals surface area contributed by atoms with E-state index in [9.17, 15) is 14.4 Å². The standard InChI is InChI=1S/C20H20N2O3S2/c21-17(23)13-22-19(26)16(18(24)14-7-3-1-4-8-14)11-12-27-20(25)15-9-5-2-6-10-15/h1-10,16H,11-13H2,(H2,21,23)(H,22,26). The van der Waals surface area contributed by atoms with Crippen LogP contribution in [0.2, 0.25) is 0 Å². The normalized spacial score (nSPS) is 11.4. The molecule has 0 spiro atoms. The van der Waals surface area contributed by atoms with Crippen LogP contribution in [0.15, 0.2) is 60.7 Å². The first-order valence-corrected chi connectivity index (χ1v) is 9.76. The Morgan fingerprint density at radius 3 is 2.07 bits per heavy atom. The van der Waals surface area contributed by atoms with Crippen LogP contribution in [0.5, 0.6) is 0 Å². The molecule has 140 valence electrons. The number of carbonyl (C=O) groups excluding carboxylic acids is 3. The molecule has 3 N–H and O–H groups in total. The number of hydrogen-bond donors (Lipinski definition) is 2. The largest absolute Gasteiger partial charge is 0.370 e. The fraction of sp³-hybridized carbons (Fsp3) is 0.200. The highest BCUT2D eigenvalue weighted by molar-refractivity contribution is 8.14. The van der Waals surface area contributed by atoms with Gasteiger partial charge in [0.2, 0.25) is 11.0 Å². The predicted octanol–water partition coefficient (Wildman–Crippen LogP) is 2.85. The van der Waals surface area contributed by atoms with Crippen LogP contribution in [-0.4, -0.2) is 34.1 Å². The van der Waals surface area contributed by atoms with E-state index in [1.165, 1.54) is 0 Å². The Hall–Kier alpha value is -2.51. The third-order valence-electron chi connectivity index (χ3n) is 3.78. The molecule has 1 amide bonds. The molecule has 0 bridgehead atoms. The molecule has 0 heterocycles. The van der Waals surface area contributed by atoms with E-state index < -0.39 is 11.8 Å². The molecule has 5 nitrogen and oxygen atoms in total. The first-order valence-electron chi connectivity index (χ1n) is 8.36. The van der Waals surface area contributed by atoms with Gasteiger partial charge in [0.05, 0.1) is 17.5 Å². The molecule has 0 aliphatic rings. The molecule has 0 aliphatic heterocycles. The smallest absolute Gasteiger partial charge is 0.236 e. The van der Waals surface area contributed by atoms with Crippen molar-refractivity contribution in [1.82, 2.24) is 5.32 Å². The minimum Gasteiger partial charge on any atom is -0.370 e. The number of thioether (sulfide) groups is 1. The van der Waals surface area contributed by atoms with Crippen molar-refractivity contribution in [3.8, 4) is 0 Å². The maximum atomic E-state index is 12.8. The summed E-state index contributed by atoms with van der Waals surface area (Å²) in [6.45, 7) is -0.131. The zero-order valence-corrected chi connectivity index (χ0v) is 16.2. The van der Waals surface area contributed by atoms with Crippen LogP contribution in [0.1, 0.15) is 27.1 Å². The minimum absolute atomic E-state index is 0.0578. The predicted molar refractivity (Wildman–Crippen MR) is 112 cm³/mol. The molecule has 2 aromatic rings. The van der Waals surface area contributed by atoms with Gasteiger partial charge < -0.3 is 11.1 Å². The number of Topliss-reactive ketones (excluding diaryl/α,β-unsaturated/α-hetero) is 1. The second-order valence-electron chi connectivity index (χ2n) is 5.76. The maximum absolute atomic E-state index is 12.8. The van der Waals surface area contributed by atoms with Crippen molar-refractivity contribution in [2.24, 2.45) is 11.7 Å². The summed E-state index contributed by atoms with van der Waals surface area (Å²) >= 11 is 6.45. The molecule has 0 aliphatic carbocycles. The van der Waals surface area contributed by atoms with Crippen LogP contribution in [0.25, 0.3) is 0 Å². The number of primary amides is 1. The van der Waals surface area contributed by atoms with E-state index in [-0.39, 0.29) is 22.4 Å². The highest BCUT2D eigenvalue weighted by Crippen LogP contribution is 2.20. The molecule has 0 fully saturated rings. The molecule has 7 heteroatoms. The summed E-state index contributed by atoms with van der Waals surface area (Å²) in [5.74, 6) is -0.907. The van der Waals surface area contributed by atoms with Gasteiger partial charge in [0.1, 0.15) is 0 Å². The van der Waals surface area contributed by atoms with Crippen molar-refractivity contribution >= 4 is 45.8 Å². The Labute approximate surface area is 167 Å². The number of nitrogens with two attached hydrogens (primary N) is 1. The summed E-state index contributed by atoms with van der Waals surface area (Å²) in [7, 11) is 0. The van der Waals surface area contributed by atoms with Crippen LogP contribution in [0.3, 0.4) is 0 Å². The van der Waals surface area contributed by atoms with Gasteiger partial charge in [-0.2, -0.15) is 0 Å². The first-order chi connectivity index (χ1) is 13.0. The van der Waals surface area contributed by atoms with Crippen molar-refractivity contribution in [2.75, 3.05) is 12.3 Å². The molecule has 0 saturated heterocycles. The lowest BCUT2D eigenvalue weighted by Crippen LogP contribution is -2.39. The topological polar surface area (TPSA) is 89.3 Å². The highest BCUT2D eigenvalue weighted by Gasteiger charge is 2.25. The van der Waals surface area contributed by atoms with Gasteiger partial charge in [0.15, 0.2) is 5.78 Å². The number of rotatable bonds is 9. The molecule has 1 atom stereocenters. The molecule has 1 unspecified atom stereocenters. The van der Waals surface area contributed by atoms with Gasteiger partial charge in [-0.15, -0.1) is 0 Å². The van der Waals surface area contributed by atoms with Gasteiger partial charge in [-0.3, -0.25) is 14.4 Å². The van der Waals surface area contributed by atoms with Gasteiger partial charge in [0, 0.05) is 16.9 Å². The molecule has 2 rings (SSSR count).